The second-order valence-electron chi connectivity index (χ2n) is 20.5. The van der Waals surface area contributed by atoms with Gasteiger partial charge in [-0.05, 0) is 96.3 Å². The number of esters is 2. The molecule has 9 nitrogen and oxygen atoms in total. The first kappa shape index (κ1) is 70.7. The fourth-order valence-corrected chi connectivity index (χ4v) is 7.72. The van der Waals surface area contributed by atoms with Crippen molar-refractivity contribution >= 4 is 17.9 Å². The molecule has 0 aromatic carbocycles. The molecule has 0 saturated heterocycles. The van der Waals surface area contributed by atoms with Gasteiger partial charge in [0.05, 0.1) is 40.3 Å². The minimum atomic E-state index is -1.64. The first-order valence-corrected chi connectivity index (χ1v) is 29.7. The van der Waals surface area contributed by atoms with Crippen LogP contribution in [0.5, 0.6) is 0 Å². The van der Waals surface area contributed by atoms with Gasteiger partial charge >= 0.3 is 11.9 Å². The van der Waals surface area contributed by atoms with Crippen LogP contribution >= 0.6 is 0 Å². The Morgan fingerprint density at radius 1 is 0.400 bits per heavy atom. The van der Waals surface area contributed by atoms with Gasteiger partial charge in [-0.15, -0.1) is 0 Å². The Hall–Kier alpha value is -4.31. The minimum absolute atomic E-state index is 0.134. The number of hydrogen-bond donors (Lipinski definition) is 0. The highest BCUT2D eigenvalue weighted by molar-refractivity contribution is 5.70. The zero-order chi connectivity index (χ0) is 54.8. The van der Waals surface area contributed by atoms with E-state index in [1.54, 1.807) is 0 Å². The Kier molecular flexibility index (Phi) is 52.7. The molecule has 0 bridgehead atoms. The maximum absolute atomic E-state index is 12.9. The molecule has 0 aliphatic carbocycles. The van der Waals surface area contributed by atoms with E-state index in [1.807, 2.05) is 21.1 Å². The number of nitrogens with zero attached hydrogens (tertiary/aromatic N) is 1. The van der Waals surface area contributed by atoms with Crippen LogP contribution in [-0.4, -0.2) is 82.3 Å². The van der Waals surface area contributed by atoms with E-state index in [1.165, 1.54) is 89.9 Å². The van der Waals surface area contributed by atoms with Crippen molar-refractivity contribution in [2.75, 3.05) is 47.5 Å². The number of rotatable bonds is 53. The lowest BCUT2D eigenvalue weighted by Crippen LogP contribution is -2.44. The van der Waals surface area contributed by atoms with Crippen molar-refractivity contribution in [3.05, 3.63) is 122 Å². The van der Waals surface area contributed by atoms with Gasteiger partial charge in [-0.3, -0.25) is 9.59 Å². The van der Waals surface area contributed by atoms with Gasteiger partial charge in [0.1, 0.15) is 13.2 Å². The highest BCUT2D eigenvalue weighted by atomic mass is 16.7. The van der Waals surface area contributed by atoms with Gasteiger partial charge in [0, 0.05) is 12.8 Å². The molecule has 0 N–H and O–H groups in total. The van der Waals surface area contributed by atoms with Gasteiger partial charge in [-0.1, -0.05) is 232 Å². The van der Waals surface area contributed by atoms with Crippen LogP contribution in [0.3, 0.4) is 0 Å². The Balaban J connectivity index is 4.20. The third-order valence-electron chi connectivity index (χ3n) is 12.2. The molecule has 0 saturated carbocycles. The molecule has 9 heteroatoms. The molecule has 0 aromatic rings. The van der Waals surface area contributed by atoms with E-state index in [-0.39, 0.29) is 32.7 Å². The third kappa shape index (κ3) is 57.2. The van der Waals surface area contributed by atoms with E-state index in [0.717, 1.165) is 89.9 Å². The summed E-state index contributed by atoms with van der Waals surface area (Å²) in [5.74, 6) is -2.37. The van der Waals surface area contributed by atoms with Crippen molar-refractivity contribution in [1.82, 2.24) is 0 Å². The molecule has 0 amide bonds. The summed E-state index contributed by atoms with van der Waals surface area (Å²) in [6.45, 7) is 4.44. The van der Waals surface area contributed by atoms with Crippen LogP contribution in [-0.2, 0) is 33.3 Å². The van der Waals surface area contributed by atoms with Crippen molar-refractivity contribution < 1.29 is 42.9 Å². The maximum atomic E-state index is 12.9. The Morgan fingerprint density at radius 2 is 0.733 bits per heavy atom. The van der Waals surface area contributed by atoms with Crippen molar-refractivity contribution in [3.63, 3.8) is 0 Å². The predicted molar refractivity (Wildman–Crippen MR) is 315 cm³/mol. The van der Waals surface area contributed by atoms with E-state index < -0.39 is 30.3 Å². The molecule has 426 valence electrons. The summed E-state index contributed by atoms with van der Waals surface area (Å²) in [5, 5.41) is 11.8. The van der Waals surface area contributed by atoms with Crippen LogP contribution in [0.25, 0.3) is 0 Å². The molecule has 2 atom stereocenters. The number of allylic oxidation sites excluding steroid dienone is 20. The SMILES string of the molecule is CC/C=C\C/C=C\C/C=C\C/C=C\C/C=C\CCCCCCCCCCCCCCCCCCCC(=O)OC(COC(=O)CCC/C=C\C/C=C\C/C=C\C/C=C\C/C=C\CC)COC(OCC[N+](C)(C)C)C(=O)[O-]. The Bertz CT molecular complexity index is 1640. The largest absolute Gasteiger partial charge is 0.545 e. The lowest BCUT2D eigenvalue weighted by atomic mass is 10.0. The second kappa shape index (κ2) is 55.9. The number of carbonyl (C=O) groups excluding carboxylic acids is 3. The normalized spacial score (nSPS) is 13.7. The molecule has 0 fully saturated rings. The van der Waals surface area contributed by atoms with Gasteiger partial charge in [0.15, 0.2) is 12.4 Å². The van der Waals surface area contributed by atoms with Crippen LogP contribution in [0.4, 0.5) is 0 Å². The molecule has 75 heavy (non-hydrogen) atoms. The standard InChI is InChI=1S/C66H109NO8/c1-6-8-10-12-14-16-18-20-22-24-25-26-27-28-29-30-31-32-33-34-35-36-37-38-39-41-43-45-47-49-51-53-55-57-64(69)75-62(61-74-66(65(70)71)72-59-58-67(3,4)5)60-73-63(68)56-54-52-50-48-46-44-42-40-23-21-19-17-15-13-11-9-7-2/h8-11,14-17,20-23,25-26,28-29,42,44,48,50,62,66H,6-7,12-13,18-19,24,27,30-41,43,45-47,49,51-61H2,1-5H3/b10-8-,11-9-,16-14-,17-15-,22-20-,23-21-,26-25-,29-28-,44-42-,50-48-. The van der Waals surface area contributed by atoms with E-state index >= 15 is 0 Å². The molecule has 2 unspecified atom stereocenters. The van der Waals surface area contributed by atoms with Crippen LogP contribution in [0.1, 0.15) is 219 Å². The topological polar surface area (TPSA) is 111 Å². The fourth-order valence-electron chi connectivity index (χ4n) is 7.72. The number of carbonyl (C=O) groups is 3. The molecule has 0 aromatic heterocycles. The number of carboxylic acids is 1. The number of unbranched alkanes of at least 4 members (excludes halogenated alkanes) is 18. The number of hydrogen-bond acceptors (Lipinski definition) is 8. The van der Waals surface area contributed by atoms with Crippen molar-refractivity contribution in [1.29, 1.82) is 0 Å². The molecule has 0 rings (SSSR count). The van der Waals surface area contributed by atoms with Crippen LogP contribution < -0.4 is 5.11 Å². The predicted octanol–water partition coefficient (Wildman–Crippen LogP) is 16.3. The van der Waals surface area contributed by atoms with E-state index in [4.69, 9.17) is 18.9 Å². The highest BCUT2D eigenvalue weighted by Crippen LogP contribution is 2.16. The molecular formula is C66H109NO8. The van der Waals surface area contributed by atoms with Crippen LogP contribution in [0.2, 0.25) is 0 Å². The summed E-state index contributed by atoms with van der Waals surface area (Å²) in [5.41, 5.74) is 0. The molecule has 0 radical (unpaired) electrons. The van der Waals surface area contributed by atoms with Gasteiger partial charge in [0.2, 0.25) is 0 Å². The number of quaternary nitrogens is 1. The average Bonchev–Trinajstić information content (AvgIpc) is 3.38. The lowest BCUT2D eigenvalue weighted by molar-refractivity contribution is -0.870. The summed E-state index contributed by atoms with van der Waals surface area (Å²) >= 11 is 0. The van der Waals surface area contributed by atoms with Crippen molar-refractivity contribution in [2.45, 2.75) is 232 Å². The summed E-state index contributed by atoms with van der Waals surface area (Å²) in [4.78, 5) is 37.3. The van der Waals surface area contributed by atoms with Crippen LogP contribution in [0.15, 0.2) is 122 Å². The van der Waals surface area contributed by atoms with Crippen molar-refractivity contribution in [2.24, 2.45) is 0 Å². The molecule has 0 heterocycles. The quantitative estimate of drug-likeness (QED) is 0.0195. The van der Waals surface area contributed by atoms with Gasteiger partial charge in [0.25, 0.3) is 0 Å². The van der Waals surface area contributed by atoms with Gasteiger partial charge in [-0.25, -0.2) is 0 Å². The zero-order valence-corrected chi connectivity index (χ0v) is 48.4. The summed E-state index contributed by atoms with van der Waals surface area (Å²) in [6.07, 6.45) is 75.6. The zero-order valence-electron chi connectivity index (χ0n) is 48.4. The smallest absolute Gasteiger partial charge is 0.306 e. The molecule has 0 aliphatic rings. The van der Waals surface area contributed by atoms with E-state index in [9.17, 15) is 19.5 Å². The number of carboxylic acid groups (broad SMARTS) is 1. The molecule has 0 aliphatic heterocycles. The molecule has 0 spiro atoms. The highest BCUT2D eigenvalue weighted by Gasteiger charge is 2.22. The first-order chi connectivity index (χ1) is 36.6. The fraction of sp³-hybridized carbons (Fsp3) is 0.652. The Labute approximate surface area is 459 Å². The van der Waals surface area contributed by atoms with E-state index in [0.29, 0.717) is 23.9 Å². The Morgan fingerprint density at radius 3 is 1.11 bits per heavy atom. The number of ether oxygens (including phenoxy) is 4. The maximum Gasteiger partial charge on any atom is 0.306 e. The second-order valence-corrected chi connectivity index (χ2v) is 20.5. The summed E-state index contributed by atoms with van der Waals surface area (Å²) in [7, 11) is 5.90. The number of aliphatic carboxylic acids is 1. The average molecular weight is 1040 g/mol. The molecular weight excluding hydrogens is 935 g/mol. The lowest BCUT2D eigenvalue weighted by Gasteiger charge is -2.26. The van der Waals surface area contributed by atoms with Crippen molar-refractivity contribution in [3.8, 4) is 0 Å². The monoisotopic (exact) mass is 1040 g/mol. The van der Waals surface area contributed by atoms with Crippen LogP contribution in [0, 0.1) is 0 Å². The van der Waals surface area contributed by atoms with Gasteiger partial charge in [-0.2, -0.15) is 0 Å². The summed E-state index contributed by atoms with van der Waals surface area (Å²) in [6, 6.07) is 0. The summed E-state index contributed by atoms with van der Waals surface area (Å²) < 4.78 is 22.6. The third-order valence-corrected chi connectivity index (χ3v) is 12.2. The minimum Gasteiger partial charge on any atom is -0.545 e. The first-order valence-electron chi connectivity index (χ1n) is 29.7. The van der Waals surface area contributed by atoms with E-state index in [2.05, 4.69) is 135 Å². The number of likely N-dealkylation sites (N-methyl/N-ethyl adjacent to an activating group) is 1. The van der Waals surface area contributed by atoms with Gasteiger partial charge < -0.3 is 33.3 Å².